The minimum atomic E-state index is -0.434. The lowest BCUT2D eigenvalue weighted by atomic mass is 10.0. The highest BCUT2D eigenvalue weighted by molar-refractivity contribution is 6.33. The van der Waals surface area contributed by atoms with Crippen molar-refractivity contribution in [2.75, 3.05) is 0 Å². The van der Waals surface area contributed by atoms with Crippen LogP contribution >= 0.6 is 11.6 Å². The van der Waals surface area contributed by atoms with Gasteiger partial charge in [0.1, 0.15) is 11.5 Å². The first-order valence-corrected chi connectivity index (χ1v) is 6.68. The van der Waals surface area contributed by atoms with Crippen LogP contribution in [-0.2, 0) is 6.61 Å². The van der Waals surface area contributed by atoms with Gasteiger partial charge in [-0.05, 0) is 18.2 Å². The fraction of sp³-hybridized carbons (Fsp3) is 0.0625. The molecule has 0 bridgehead atoms. The molecular formula is C16H11ClFNO2. The van der Waals surface area contributed by atoms with E-state index >= 15 is 0 Å². The Morgan fingerprint density at radius 2 is 1.90 bits per heavy atom. The Kier molecular flexibility index (Phi) is 3.73. The van der Waals surface area contributed by atoms with Crippen LogP contribution in [0.5, 0.6) is 0 Å². The summed E-state index contributed by atoms with van der Waals surface area (Å²) >= 11 is 6.08. The summed E-state index contributed by atoms with van der Waals surface area (Å²) < 4.78 is 18.7. The zero-order valence-corrected chi connectivity index (χ0v) is 11.6. The van der Waals surface area contributed by atoms with E-state index in [1.807, 2.05) is 30.3 Å². The van der Waals surface area contributed by atoms with Crippen LogP contribution in [-0.4, -0.2) is 10.3 Å². The second kappa shape index (κ2) is 5.68. The largest absolute Gasteiger partial charge is 0.391 e. The number of hydrogen-bond donors (Lipinski definition) is 1. The zero-order valence-electron chi connectivity index (χ0n) is 10.9. The van der Waals surface area contributed by atoms with Crippen molar-refractivity contribution < 1.29 is 14.0 Å². The van der Waals surface area contributed by atoms with Crippen molar-refractivity contribution in [3.63, 3.8) is 0 Å². The van der Waals surface area contributed by atoms with Gasteiger partial charge in [0.15, 0.2) is 5.76 Å². The van der Waals surface area contributed by atoms with Gasteiger partial charge in [0, 0.05) is 11.1 Å². The van der Waals surface area contributed by atoms with E-state index in [9.17, 15) is 9.50 Å². The maximum Gasteiger partial charge on any atom is 0.174 e. The minimum absolute atomic E-state index is 0.279. The highest BCUT2D eigenvalue weighted by atomic mass is 35.5. The maximum absolute atomic E-state index is 13.4. The molecule has 0 aliphatic carbocycles. The number of aliphatic hydroxyl groups excluding tert-OH is 1. The highest BCUT2D eigenvalue weighted by Crippen LogP contribution is 2.36. The summed E-state index contributed by atoms with van der Waals surface area (Å²) in [6.45, 7) is -0.282. The van der Waals surface area contributed by atoms with Crippen LogP contribution in [0.1, 0.15) is 5.56 Å². The molecule has 0 unspecified atom stereocenters. The second-order valence-corrected chi connectivity index (χ2v) is 4.89. The third-order valence-electron chi connectivity index (χ3n) is 3.17. The van der Waals surface area contributed by atoms with Crippen LogP contribution in [0.25, 0.3) is 22.6 Å². The summed E-state index contributed by atoms with van der Waals surface area (Å²) in [5.74, 6) is -0.156. The van der Waals surface area contributed by atoms with Gasteiger partial charge >= 0.3 is 0 Å². The van der Waals surface area contributed by atoms with Gasteiger partial charge < -0.3 is 9.63 Å². The first kappa shape index (κ1) is 13.8. The number of rotatable bonds is 3. The van der Waals surface area contributed by atoms with Crippen molar-refractivity contribution in [2.24, 2.45) is 0 Å². The van der Waals surface area contributed by atoms with E-state index in [0.29, 0.717) is 21.8 Å². The Hall–Kier alpha value is -2.17. The number of hydrogen-bond acceptors (Lipinski definition) is 3. The van der Waals surface area contributed by atoms with Gasteiger partial charge in [-0.25, -0.2) is 4.39 Å². The molecule has 3 aromatic rings. The molecule has 1 aromatic heterocycles. The van der Waals surface area contributed by atoms with E-state index in [-0.39, 0.29) is 12.4 Å². The van der Waals surface area contributed by atoms with Crippen LogP contribution < -0.4 is 0 Å². The molecule has 3 rings (SSSR count). The molecule has 0 aliphatic heterocycles. The molecule has 3 nitrogen and oxygen atoms in total. The van der Waals surface area contributed by atoms with Gasteiger partial charge in [-0.15, -0.1) is 0 Å². The molecule has 0 saturated carbocycles. The predicted octanol–water partition coefficient (Wildman–Crippen LogP) is 4.29. The van der Waals surface area contributed by atoms with Gasteiger partial charge in [0.2, 0.25) is 0 Å². The SMILES string of the molecule is OCc1c(-c2ccccc2)noc1-c1cc(F)ccc1Cl. The highest BCUT2D eigenvalue weighted by Gasteiger charge is 2.20. The summed E-state index contributed by atoms with van der Waals surface area (Å²) in [6.07, 6.45) is 0. The molecule has 0 aliphatic rings. The van der Waals surface area contributed by atoms with Crippen LogP contribution in [0.3, 0.4) is 0 Å². The number of aromatic nitrogens is 1. The summed E-state index contributed by atoms with van der Waals surface area (Å²) in [5, 5.41) is 14.0. The van der Waals surface area contributed by atoms with Crippen molar-refractivity contribution in [3.8, 4) is 22.6 Å². The summed E-state index contributed by atoms with van der Waals surface area (Å²) in [4.78, 5) is 0. The maximum atomic E-state index is 13.4. The second-order valence-electron chi connectivity index (χ2n) is 4.49. The molecule has 2 aromatic carbocycles. The van der Waals surface area contributed by atoms with Gasteiger partial charge in [-0.2, -0.15) is 0 Å². The predicted molar refractivity (Wildman–Crippen MR) is 78.3 cm³/mol. The van der Waals surface area contributed by atoms with E-state index < -0.39 is 5.82 Å². The molecule has 0 spiro atoms. The normalized spacial score (nSPS) is 10.8. The smallest absolute Gasteiger partial charge is 0.174 e. The zero-order chi connectivity index (χ0) is 14.8. The van der Waals surface area contributed by atoms with Crippen molar-refractivity contribution in [1.82, 2.24) is 5.16 Å². The molecule has 1 heterocycles. The van der Waals surface area contributed by atoms with Crippen molar-refractivity contribution >= 4 is 11.6 Å². The molecule has 0 saturated heterocycles. The standard InChI is InChI=1S/C16H11ClFNO2/c17-14-7-6-11(18)8-12(14)16-13(9-20)15(19-21-16)10-4-2-1-3-5-10/h1-8,20H,9H2. The van der Waals surface area contributed by atoms with Crippen LogP contribution in [0.4, 0.5) is 4.39 Å². The fourth-order valence-corrected chi connectivity index (χ4v) is 2.37. The number of benzene rings is 2. The van der Waals surface area contributed by atoms with Crippen LogP contribution in [0.15, 0.2) is 53.1 Å². The first-order chi connectivity index (χ1) is 10.2. The minimum Gasteiger partial charge on any atom is -0.391 e. The summed E-state index contributed by atoms with van der Waals surface area (Å²) in [5.41, 5.74) is 2.18. The lowest BCUT2D eigenvalue weighted by Crippen LogP contribution is -1.90. The average molecular weight is 304 g/mol. The third kappa shape index (κ3) is 2.55. The topological polar surface area (TPSA) is 46.3 Å². The number of halogens is 2. The summed E-state index contributed by atoms with van der Waals surface area (Å²) in [7, 11) is 0. The number of aliphatic hydroxyl groups is 1. The van der Waals surface area contributed by atoms with E-state index in [0.717, 1.165) is 5.56 Å². The Bertz CT molecular complexity index is 771. The van der Waals surface area contributed by atoms with Crippen LogP contribution in [0, 0.1) is 5.82 Å². The number of nitrogens with zero attached hydrogens (tertiary/aromatic N) is 1. The monoisotopic (exact) mass is 303 g/mol. The van der Waals surface area contributed by atoms with E-state index in [1.165, 1.54) is 18.2 Å². The van der Waals surface area contributed by atoms with Crippen molar-refractivity contribution in [2.45, 2.75) is 6.61 Å². The van der Waals surface area contributed by atoms with Crippen molar-refractivity contribution in [3.05, 3.63) is 64.9 Å². The van der Waals surface area contributed by atoms with Crippen molar-refractivity contribution in [1.29, 1.82) is 0 Å². The molecular weight excluding hydrogens is 293 g/mol. The summed E-state index contributed by atoms with van der Waals surface area (Å²) in [6, 6.07) is 13.3. The third-order valence-corrected chi connectivity index (χ3v) is 3.50. The first-order valence-electron chi connectivity index (χ1n) is 6.31. The molecule has 21 heavy (non-hydrogen) atoms. The Morgan fingerprint density at radius 3 is 2.62 bits per heavy atom. The average Bonchev–Trinajstić information content (AvgIpc) is 2.94. The van der Waals surface area contributed by atoms with Gasteiger partial charge in [0.05, 0.1) is 17.2 Å². The lowest BCUT2D eigenvalue weighted by molar-refractivity contribution is 0.281. The van der Waals surface area contributed by atoms with Crippen LogP contribution in [0.2, 0.25) is 5.02 Å². The quantitative estimate of drug-likeness (QED) is 0.785. The van der Waals surface area contributed by atoms with E-state index in [1.54, 1.807) is 0 Å². The molecule has 0 fully saturated rings. The Morgan fingerprint density at radius 1 is 1.14 bits per heavy atom. The molecule has 106 valence electrons. The lowest BCUT2D eigenvalue weighted by Gasteiger charge is -2.03. The molecule has 1 N–H and O–H groups in total. The Balaban J connectivity index is 2.17. The Labute approximate surface area is 125 Å². The molecule has 0 radical (unpaired) electrons. The van der Waals surface area contributed by atoms with Gasteiger partial charge in [-0.1, -0.05) is 47.1 Å². The molecule has 5 heteroatoms. The van der Waals surface area contributed by atoms with E-state index in [4.69, 9.17) is 16.1 Å². The van der Waals surface area contributed by atoms with Gasteiger partial charge in [0.25, 0.3) is 0 Å². The molecule has 0 amide bonds. The van der Waals surface area contributed by atoms with E-state index in [2.05, 4.69) is 5.16 Å². The molecule has 0 atom stereocenters. The van der Waals surface area contributed by atoms with Gasteiger partial charge in [-0.3, -0.25) is 0 Å². The fourth-order valence-electron chi connectivity index (χ4n) is 2.16.